The van der Waals surface area contributed by atoms with Crippen LogP contribution in [-0.2, 0) is 13.1 Å². The normalized spacial score (nSPS) is 10.4. The van der Waals surface area contributed by atoms with Crippen molar-refractivity contribution in [3.05, 3.63) is 71.7 Å². The van der Waals surface area contributed by atoms with E-state index in [9.17, 15) is 4.39 Å². The van der Waals surface area contributed by atoms with Crippen LogP contribution in [-0.4, -0.2) is 4.98 Å². The number of nitrogens with one attached hydrogen (secondary N) is 2. The Morgan fingerprint density at radius 1 is 0.950 bits per heavy atom. The summed E-state index contributed by atoms with van der Waals surface area (Å²) in [6.07, 6.45) is 1.95. The van der Waals surface area contributed by atoms with Gasteiger partial charge in [0.25, 0.3) is 0 Å². The van der Waals surface area contributed by atoms with Gasteiger partial charge in [-0.05, 0) is 35.4 Å². The second-order valence-corrected chi connectivity index (χ2v) is 4.59. The zero-order chi connectivity index (χ0) is 13.1. The van der Waals surface area contributed by atoms with Gasteiger partial charge in [-0.1, -0.05) is 24.3 Å². The molecule has 0 atom stereocenters. The van der Waals surface area contributed by atoms with Crippen molar-refractivity contribution in [2.24, 2.45) is 0 Å². The summed E-state index contributed by atoms with van der Waals surface area (Å²) >= 11 is 0. The number of H-pyrrole nitrogens is 1. The maximum atomic E-state index is 12.8. The van der Waals surface area contributed by atoms with Crippen molar-refractivity contribution in [3.63, 3.8) is 0 Å². The van der Waals surface area contributed by atoms with Crippen LogP contribution in [0.2, 0.25) is 0 Å². The molecule has 0 aliphatic rings. The Morgan fingerprint density at radius 3 is 2.55 bits per heavy atom. The summed E-state index contributed by atoms with van der Waals surface area (Å²) in [7, 11) is 0. The third-order valence-corrected chi connectivity index (χ3v) is 3.24. The number of fused-ring (bicyclic) bond motifs is 1. The standard InChI is InChI=1S/C16H15FN2.ClH/c17-14-6-4-12(5-7-14)10-18-11-13-2-1-3-16-15(13)8-9-19-16;/h1-9,18-19H,10-11H2;1H. The molecule has 4 heteroatoms. The monoisotopic (exact) mass is 290 g/mol. The molecule has 2 nitrogen and oxygen atoms in total. The van der Waals surface area contributed by atoms with Crippen LogP contribution in [0.15, 0.2) is 54.7 Å². The van der Waals surface area contributed by atoms with E-state index in [2.05, 4.69) is 28.5 Å². The number of aromatic nitrogens is 1. The molecule has 0 radical (unpaired) electrons. The van der Waals surface area contributed by atoms with Crippen LogP contribution in [0.25, 0.3) is 10.9 Å². The highest BCUT2D eigenvalue weighted by molar-refractivity contribution is 5.85. The average molecular weight is 291 g/mol. The fourth-order valence-corrected chi connectivity index (χ4v) is 2.25. The van der Waals surface area contributed by atoms with Crippen LogP contribution in [0.3, 0.4) is 0 Å². The summed E-state index contributed by atoms with van der Waals surface area (Å²) in [5.74, 6) is -0.194. The van der Waals surface area contributed by atoms with Crippen molar-refractivity contribution in [2.45, 2.75) is 13.1 Å². The number of hydrogen-bond acceptors (Lipinski definition) is 1. The first-order chi connectivity index (χ1) is 9.33. The molecule has 0 amide bonds. The Bertz CT molecular complexity index is 676. The predicted octanol–water partition coefficient (Wildman–Crippen LogP) is 4.02. The minimum Gasteiger partial charge on any atom is -0.361 e. The Labute approximate surface area is 123 Å². The third kappa shape index (κ3) is 3.18. The molecule has 1 heterocycles. The maximum absolute atomic E-state index is 12.8. The summed E-state index contributed by atoms with van der Waals surface area (Å²) in [4.78, 5) is 3.20. The van der Waals surface area contributed by atoms with Gasteiger partial charge in [-0.15, -0.1) is 12.4 Å². The molecule has 0 aliphatic carbocycles. The fraction of sp³-hybridized carbons (Fsp3) is 0.125. The van der Waals surface area contributed by atoms with Crippen molar-refractivity contribution in [1.82, 2.24) is 10.3 Å². The molecule has 2 N–H and O–H groups in total. The maximum Gasteiger partial charge on any atom is 0.123 e. The average Bonchev–Trinajstić information content (AvgIpc) is 2.90. The SMILES string of the molecule is Cl.Fc1ccc(CNCc2cccc3[nH]ccc23)cc1. The van der Waals surface area contributed by atoms with Gasteiger partial charge in [0.15, 0.2) is 0 Å². The fourth-order valence-electron chi connectivity index (χ4n) is 2.25. The number of benzene rings is 2. The number of hydrogen-bond donors (Lipinski definition) is 2. The van der Waals surface area contributed by atoms with E-state index in [4.69, 9.17) is 0 Å². The van der Waals surface area contributed by atoms with Crippen LogP contribution in [0.4, 0.5) is 4.39 Å². The van der Waals surface area contributed by atoms with Crippen LogP contribution in [0.5, 0.6) is 0 Å². The molecule has 20 heavy (non-hydrogen) atoms. The van der Waals surface area contributed by atoms with E-state index < -0.39 is 0 Å². The molecular formula is C16H16ClFN2. The Morgan fingerprint density at radius 2 is 1.75 bits per heavy atom. The Kier molecular flexibility index (Phi) is 4.77. The van der Waals surface area contributed by atoms with Gasteiger partial charge in [-0.2, -0.15) is 0 Å². The number of aromatic amines is 1. The van der Waals surface area contributed by atoms with E-state index in [0.717, 1.165) is 24.2 Å². The summed E-state index contributed by atoms with van der Waals surface area (Å²) in [6, 6.07) is 14.9. The van der Waals surface area contributed by atoms with Gasteiger partial charge in [-0.25, -0.2) is 4.39 Å². The van der Waals surface area contributed by atoms with Crippen molar-refractivity contribution in [3.8, 4) is 0 Å². The van der Waals surface area contributed by atoms with Gasteiger partial charge in [0.1, 0.15) is 5.82 Å². The molecule has 3 aromatic rings. The van der Waals surface area contributed by atoms with Gasteiger partial charge < -0.3 is 10.3 Å². The largest absolute Gasteiger partial charge is 0.361 e. The highest BCUT2D eigenvalue weighted by Gasteiger charge is 2.01. The topological polar surface area (TPSA) is 27.8 Å². The van der Waals surface area contributed by atoms with Crippen LogP contribution in [0, 0.1) is 5.82 Å². The second kappa shape index (κ2) is 6.55. The van der Waals surface area contributed by atoms with Gasteiger partial charge in [0, 0.05) is 30.2 Å². The molecule has 0 fully saturated rings. The van der Waals surface area contributed by atoms with Crippen LogP contribution < -0.4 is 5.32 Å². The highest BCUT2D eigenvalue weighted by Crippen LogP contribution is 2.17. The summed E-state index contributed by atoms with van der Waals surface area (Å²) < 4.78 is 12.8. The lowest BCUT2D eigenvalue weighted by atomic mass is 10.1. The zero-order valence-electron chi connectivity index (χ0n) is 10.9. The Balaban J connectivity index is 0.00000147. The van der Waals surface area contributed by atoms with Gasteiger partial charge >= 0.3 is 0 Å². The smallest absolute Gasteiger partial charge is 0.123 e. The quantitative estimate of drug-likeness (QED) is 0.746. The van der Waals surface area contributed by atoms with Gasteiger partial charge in [0.2, 0.25) is 0 Å². The van der Waals surface area contributed by atoms with Crippen LogP contribution in [0.1, 0.15) is 11.1 Å². The third-order valence-electron chi connectivity index (χ3n) is 3.24. The molecule has 0 saturated carbocycles. The van der Waals surface area contributed by atoms with Crippen LogP contribution >= 0.6 is 12.4 Å². The molecule has 104 valence electrons. The second-order valence-electron chi connectivity index (χ2n) is 4.59. The first-order valence-electron chi connectivity index (χ1n) is 6.33. The minimum atomic E-state index is -0.194. The highest BCUT2D eigenvalue weighted by atomic mass is 35.5. The lowest BCUT2D eigenvalue weighted by Crippen LogP contribution is -2.12. The van der Waals surface area contributed by atoms with Gasteiger partial charge in [-0.3, -0.25) is 0 Å². The summed E-state index contributed by atoms with van der Waals surface area (Å²) in [5, 5.41) is 4.63. The molecule has 0 spiro atoms. The molecular weight excluding hydrogens is 275 g/mol. The van der Waals surface area contributed by atoms with E-state index in [1.165, 1.54) is 23.1 Å². The minimum absolute atomic E-state index is 0. The van der Waals surface area contributed by atoms with Crippen molar-refractivity contribution in [1.29, 1.82) is 0 Å². The first kappa shape index (κ1) is 14.6. The van der Waals surface area contributed by atoms with Crippen molar-refractivity contribution < 1.29 is 4.39 Å². The number of rotatable bonds is 4. The molecule has 0 bridgehead atoms. The number of halogens is 2. The summed E-state index contributed by atoms with van der Waals surface area (Å²) in [5.41, 5.74) is 3.50. The molecule has 3 rings (SSSR count). The molecule has 1 aromatic heterocycles. The Hall–Kier alpha value is -1.84. The van der Waals surface area contributed by atoms with E-state index in [1.807, 2.05) is 12.3 Å². The zero-order valence-corrected chi connectivity index (χ0v) is 11.7. The predicted molar refractivity (Wildman–Crippen MR) is 82.5 cm³/mol. The van der Waals surface area contributed by atoms with Crippen molar-refractivity contribution >= 4 is 23.3 Å². The lowest BCUT2D eigenvalue weighted by Gasteiger charge is -2.06. The van der Waals surface area contributed by atoms with E-state index in [0.29, 0.717) is 0 Å². The molecule has 0 aliphatic heterocycles. The molecule has 0 unspecified atom stereocenters. The van der Waals surface area contributed by atoms with E-state index >= 15 is 0 Å². The molecule has 2 aromatic carbocycles. The first-order valence-corrected chi connectivity index (χ1v) is 6.33. The van der Waals surface area contributed by atoms with Crippen molar-refractivity contribution in [2.75, 3.05) is 0 Å². The summed E-state index contributed by atoms with van der Waals surface area (Å²) in [6.45, 7) is 1.54. The lowest BCUT2D eigenvalue weighted by molar-refractivity contribution is 0.625. The molecule has 0 saturated heterocycles. The van der Waals surface area contributed by atoms with E-state index in [1.54, 1.807) is 12.1 Å². The van der Waals surface area contributed by atoms with Gasteiger partial charge in [0.05, 0.1) is 0 Å². The van der Waals surface area contributed by atoms with E-state index in [-0.39, 0.29) is 18.2 Å².